The van der Waals surface area contributed by atoms with E-state index in [2.05, 4.69) is 6.07 Å². The van der Waals surface area contributed by atoms with Crippen LogP contribution in [0, 0.1) is 17.1 Å². The van der Waals surface area contributed by atoms with E-state index in [1.165, 1.54) is 37.4 Å². The summed E-state index contributed by atoms with van der Waals surface area (Å²) in [6, 6.07) is 23.0. The van der Waals surface area contributed by atoms with Gasteiger partial charge in [0.05, 0.1) is 28.6 Å². The van der Waals surface area contributed by atoms with Crippen molar-refractivity contribution in [3.05, 3.63) is 128 Å². The number of methoxy groups -OCH3 is 1. The number of esters is 1. The second-order valence-corrected chi connectivity index (χ2v) is 9.79. The Morgan fingerprint density at radius 1 is 1.02 bits per heavy atom. The van der Waals surface area contributed by atoms with Crippen LogP contribution in [-0.4, -0.2) is 13.1 Å². The van der Waals surface area contributed by atoms with E-state index in [4.69, 9.17) is 47.9 Å². The number of halogens is 3. The predicted octanol–water partition coefficient (Wildman–Crippen LogP) is 7.16. The van der Waals surface area contributed by atoms with Crippen LogP contribution in [0.25, 0.3) is 0 Å². The maximum atomic E-state index is 13.2. The molecule has 0 saturated carbocycles. The maximum absolute atomic E-state index is 13.2. The van der Waals surface area contributed by atoms with Crippen molar-refractivity contribution in [1.29, 1.82) is 5.26 Å². The smallest absolute Gasteiger partial charge is 0.343 e. The van der Waals surface area contributed by atoms with Gasteiger partial charge in [-0.1, -0.05) is 53.5 Å². The molecule has 4 aromatic rings. The van der Waals surface area contributed by atoms with Gasteiger partial charge in [-0.25, -0.2) is 9.18 Å². The molecule has 7 nitrogen and oxygen atoms in total. The van der Waals surface area contributed by atoms with Gasteiger partial charge in [0.15, 0.2) is 5.75 Å². The molecule has 5 rings (SSSR count). The van der Waals surface area contributed by atoms with E-state index in [1.807, 2.05) is 6.07 Å². The Kier molecular flexibility index (Phi) is 8.02. The molecule has 0 aromatic heterocycles. The first-order valence-corrected chi connectivity index (χ1v) is 13.0. The lowest BCUT2D eigenvalue weighted by Crippen LogP contribution is -2.21. The quantitative estimate of drug-likeness (QED) is 0.180. The van der Waals surface area contributed by atoms with Gasteiger partial charge in [-0.3, -0.25) is 0 Å². The number of benzene rings is 4. The van der Waals surface area contributed by atoms with Crippen LogP contribution in [0.1, 0.15) is 33.0 Å². The summed E-state index contributed by atoms with van der Waals surface area (Å²) in [7, 11) is 1.42. The SMILES string of the molecule is COc1c(Cl)cc(C(=O)Oc2ccc3c(c2)OC(N)=C(C#N)C3c2cccc(OCc3ccc(F)cc3)c2)cc1Cl. The Morgan fingerprint density at radius 2 is 1.76 bits per heavy atom. The lowest BCUT2D eigenvalue weighted by molar-refractivity contribution is 0.0734. The van der Waals surface area contributed by atoms with E-state index in [0.29, 0.717) is 17.1 Å². The molecule has 0 spiro atoms. The number of ether oxygens (including phenoxy) is 4. The molecule has 1 aliphatic heterocycles. The molecule has 41 heavy (non-hydrogen) atoms. The summed E-state index contributed by atoms with van der Waals surface area (Å²) in [5.74, 6) is -0.357. The molecule has 0 amide bonds. The van der Waals surface area contributed by atoms with Crippen molar-refractivity contribution >= 4 is 29.2 Å². The van der Waals surface area contributed by atoms with Crippen molar-refractivity contribution in [2.45, 2.75) is 12.5 Å². The van der Waals surface area contributed by atoms with Crippen LogP contribution >= 0.6 is 23.2 Å². The third-order valence-electron chi connectivity index (χ3n) is 6.35. The van der Waals surface area contributed by atoms with Crippen molar-refractivity contribution in [3.63, 3.8) is 0 Å². The van der Waals surface area contributed by atoms with E-state index in [0.717, 1.165) is 11.1 Å². The zero-order valence-corrected chi connectivity index (χ0v) is 23.0. The van der Waals surface area contributed by atoms with E-state index < -0.39 is 11.9 Å². The van der Waals surface area contributed by atoms with Crippen molar-refractivity contribution in [2.75, 3.05) is 7.11 Å². The molecule has 0 fully saturated rings. The summed E-state index contributed by atoms with van der Waals surface area (Å²) in [5, 5.41) is 10.2. The fourth-order valence-corrected chi connectivity index (χ4v) is 5.05. The minimum absolute atomic E-state index is 0.0696. The third-order valence-corrected chi connectivity index (χ3v) is 6.91. The van der Waals surface area contributed by atoms with Crippen LogP contribution < -0.4 is 24.7 Å². The molecule has 1 unspecified atom stereocenters. The molecule has 1 atom stereocenters. The number of nitrogens with two attached hydrogens (primary N) is 1. The summed E-state index contributed by atoms with van der Waals surface area (Å²) in [5.41, 5.74) is 8.67. The number of fused-ring (bicyclic) bond motifs is 1. The van der Waals surface area contributed by atoms with E-state index in [1.54, 1.807) is 42.5 Å². The first kappa shape index (κ1) is 27.8. The maximum Gasteiger partial charge on any atom is 0.343 e. The second kappa shape index (κ2) is 11.8. The first-order valence-electron chi connectivity index (χ1n) is 12.2. The summed E-state index contributed by atoms with van der Waals surface area (Å²) in [4.78, 5) is 12.8. The lowest BCUT2D eigenvalue weighted by Gasteiger charge is -2.27. The van der Waals surface area contributed by atoms with Crippen molar-refractivity contribution in [2.24, 2.45) is 5.73 Å². The lowest BCUT2D eigenvalue weighted by atomic mass is 9.83. The standard InChI is InChI=1S/C31H21Cl2FN2O5/c1-38-29-25(32)12-19(13-26(29)33)31(37)40-22-9-10-23-27(14-22)41-30(36)24(15-35)28(23)18-3-2-4-21(11-18)39-16-17-5-7-20(34)8-6-17/h2-14,28H,16,36H2,1H3. The number of nitriles is 1. The summed E-state index contributed by atoms with van der Waals surface area (Å²) >= 11 is 12.3. The van der Waals surface area contributed by atoms with Gasteiger partial charge in [0, 0.05) is 11.6 Å². The summed E-state index contributed by atoms with van der Waals surface area (Å²) in [6.45, 7) is 0.233. The van der Waals surface area contributed by atoms with Gasteiger partial charge in [0.25, 0.3) is 0 Å². The molecule has 4 aromatic carbocycles. The number of allylic oxidation sites excluding steroid dienone is 1. The fourth-order valence-electron chi connectivity index (χ4n) is 4.41. The van der Waals surface area contributed by atoms with Crippen LogP contribution in [0.4, 0.5) is 4.39 Å². The number of carbonyl (C=O) groups excluding carboxylic acids is 1. The Bertz CT molecular complexity index is 1690. The van der Waals surface area contributed by atoms with Crippen molar-refractivity contribution in [1.82, 2.24) is 0 Å². The molecule has 0 radical (unpaired) electrons. The van der Waals surface area contributed by atoms with Gasteiger partial charge in [0.2, 0.25) is 5.88 Å². The van der Waals surface area contributed by atoms with Gasteiger partial charge in [0.1, 0.15) is 41.3 Å². The van der Waals surface area contributed by atoms with Crippen LogP contribution in [-0.2, 0) is 6.61 Å². The van der Waals surface area contributed by atoms with Gasteiger partial charge in [-0.2, -0.15) is 5.26 Å². The van der Waals surface area contributed by atoms with Gasteiger partial charge >= 0.3 is 5.97 Å². The van der Waals surface area contributed by atoms with E-state index >= 15 is 0 Å². The minimum Gasteiger partial charge on any atom is -0.494 e. The number of hydrogen-bond acceptors (Lipinski definition) is 7. The van der Waals surface area contributed by atoms with E-state index in [9.17, 15) is 14.4 Å². The molecule has 0 saturated heterocycles. The first-order chi connectivity index (χ1) is 19.8. The average Bonchev–Trinajstić information content (AvgIpc) is 2.96. The molecule has 0 bridgehead atoms. The van der Waals surface area contributed by atoms with Crippen molar-refractivity contribution in [3.8, 4) is 29.1 Å². The molecule has 206 valence electrons. The molecule has 1 heterocycles. The highest BCUT2D eigenvalue weighted by Crippen LogP contribution is 2.44. The van der Waals surface area contributed by atoms with Crippen LogP contribution in [0.3, 0.4) is 0 Å². The van der Waals surface area contributed by atoms with Crippen LogP contribution in [0.2, 0.25) is 10.0 Å². The summed E-state index contributed by atoms with van der Waals surface area (Å²) < 4.78 is 35.5. The van der Waals surface area contributed by atoms with Crippen LogP contribution in [0.15, 0.2) is 90.3 Å². The number of rotatable bonds is 7. The Balaban J connectivity index is 1.41. The second-order valence-electron chi connectivity index (χ2n) is 8.97. The Labute approximate surface area is 245 Å². The van der Waals surface area contributed by atoms with E-state index in [-0.39, 0.29) is 51.0 Å². The highest BCUT2D eigenvalue weighted by Gasteiger charge is 2.31. The third kappa shape index (κ3) is 5.92. The number of hydrogen-bond donors (Lipinski definition) is 1. The van der Waals surface area contributed by atoms with Gasteiger partial charge in [-0.15, -0.1) is 0 Å². The average molecular weight is 591 g/mol. The number of carbonyl (C=O) groups is 1. The molecule has 0 aliphatic carbocycles. The monoisotopic (exact) mass is 590 g/mol. The molecule has 10 heteroatoms. The Morgan fingerprint density at radius 3 is 2.44 bits per heavy atom. The zero-order valence-electron chi connectivity index (χ0n) is 21.5. The fraction of sp³-hybridized carbons (Fsp3) is 0.0968. The topological polar surface area (TPSA) is 104 Å². The highest BCUT2D eigenvalue weighted by molar-refractivity contribution is 6.37. The molecular formula is C31H21Cl2FN2O5. The molecular weight excluding hydrogens is 570 g/mol. The highest BCUT2D eigenvalue weighted by atomic mass is 35.5. The van der Waals surface area contributed by atoms with Crippen LogP contribution in [0.5, 0.6) is 23.0 Å². The Hall–Kier alpha value is -4.71. The molecule has 1 aliphatic rings. The van der Waals surface area contributed by atoms with Gasteiger partial charge < -0.3 is 24.7 Å². The molecule has 2 N–H and O–H groups in total. The minimum atomic E-state index is -0.698. The van der Waals surface area contributed by atoms with Gasteiger partial charge in [-0.05, 0) is 53.6 Å². The number of nitrogens with zero attached hydrogens (tertiary/aromatic N) is 1. The predicted molar refractivity (Wildman–Crippen MR) is 151 cm³/mol. The summed E-state index contributed by atoms with van der Waals surface area (Å²) in [6.07, 6.45) is 0. The largest absolute Gasteiger partial charge is 0.494 e. The normalized spacial score (nSPS) is 14.0. The zero-order chi connectivity index (χ0) is 29.1. The van der Waals surface area contributed by atoms with Crippen molar-refractivity contribution < 1.29 is 28.1 Å².